The fraction of sp³-hybridized carbons (Fsp3) is 0.167. The minimum Gasteiger partial charge on any atom is -0.452 e. The van der Waals surface area contributed by atoms with E-state index in [1.807, 2.05) is 25.1 Å². The average Bonchev–Trinajstić information content (AvgIpc) is 2.60. The fourth-order valence-corrected chi connectivity index (χ4v) is 2.17. The zero-order chi connectivity index (χ0) is 17.5. The van der Waals surface area contributed by atoms with Crippen molar-refractivity contribution in [1.29, 1.82) is 5.26 Å². The molecule has 0 aliphatic carbocycles. The summed E-state index contributed by atoms with van der Waals surface area (Å²) in [7, 11) is 0. The zero-order valence-corrected chi connectivity index (χ0v) is 13.7. The number of hydrogen-bond acceptors (Lipinski definition) is 4. The third-order valence-electron chi connectivity index (χ3n) is 3.31. The molecule has 0 saturated heterocycles. The molecule has 0 aliphatic rings. The summed E-state index contributed by atoms with van der Waals surface area (Å²) in [6.45, 7) is 1.42. The van der Waals surface area contributed by atoms with Gasteiger partial charge in [0.15, 0.2) is 6.61 Å². The molecule has 0 fully saturated rings. The second-order valence-corrected chi connectivity index (χ2v) is 5.55. The van der Waals surface area contributed by atoms with Crippen LogP contribution in [0.4, 0.5) is 0 Å². The van der Waals surface area contributed by atoms with E-state index in [1.165, 1.54) is 12.1 Å². The molecule has 0 radical (unpaired) electrons. The maximum Gasteiger partial charge on any atom is 0.338 e. The molecule has 2 aromatic carbocycles. The Morgan fingerprint density at radius 2 is 1.96 bits per heavy atom. The van der Waals surface area contributed by atoms with Crippen LogP contribution in [0.5, 0.6) is 0 Å². The third-order valence-corrected chi connectivity index (χ3v) is 3.56. The van der Waals surface area contributed by atoms with Crippen molar-refractivity contribution in [2.45, 2.75) is 13.0 Å². The van der Waals surface area contributed by atoms with Gasteiger partial charge in [-0.15, -0.1) is 0 Å². The molecule has 2 aromatic rings. The summed E-state index contributed by atoms with van der Waals surface area (Å²) < 4.78 is 4.96. The van der Waals surface area contributed by atoms with Crippen molar-refractivity contribution < 1.29 is 14.3 Å². The van der Waals surface area contributed by atoms with Crippen LogP contribution in [0, 0.1) is 11.3 Å². The number of nitrogens with one attached hydrogen (secondary N) is 1. The van der Waals surface area contributed by atoms with Gasteiger partial charge in [0.1, 0.15) is 0 Å². The van der Waals surface area contributed by atoms with Gasteiger partial charge in [0.25, 0.3) is 5.91 Å². The lowest BCUT2D eigenvalue weighted by Crippen LogP contribution is -2.31. The van der Waals surface area contributed by atoms with Crippen LogP contribution in [0.1, 0.15) is 34.5 Å². The second kappa shape index (κ2) is 8.14. The Labute approximate surface area is 144 Å². The van der Waals surface area contributed by atoms with Crippen molar-refractivity contribution in [1.82, 2.24) is 5.32 Å². The fourth-order valence-electron chi connectivity index (χ4n) is 2.05. The molecule has 1 N–H and O–H groups in total. The maximum atomic E-state index is 11.9. The SMILES string of the molecule is C[C@H](NC(=O)COC(=O)c1cccc(C#N)c1)c1ccc(Cl)cc1. The van der Waals surface area contributed by atoms with Gasteiger partial charge < -0.3 is 10.1 Å². The summed E-state index contributed by atoms with van der Waals surface area (Å²) in [5.74, 6) is -1.07. The van der Waals surface area contributed by atoms with Crippen molar-refractivity contribution >= 4 is 23.5 Å². The molecule has 5 nitrogen and oxygen atoms in total. The van der Waals surface area contributed by atoms with E-state index in [0.717, 1.165) is 5.56 Å². The number of hydrogen-bond donors (Lipinski definition) is 1. The number of nitriles is 1. The Balaban J connectivity index is 1.87. The van der Waals surface area contributed by atoms with Crippen LogP contribution in [-0.2, 0) is 9.53 Å². The van der Waals surface area contributed by atoms with Crippen molar-refractivity contribution in [3.63, 3.8) is 0 Å². The molecule has 1 atom stereocenters. The van der Waals surface area contributed by atoms with Crippen molar-refractivity contribution in [2.24, 2.45) is 0 Å². The summed E-state index contributed by atoms with van der Waals surface area (Å²) in [5.41, 5.74) is 1.47. The van der Waals surface area contributed by atoms with Gasteiger partial charge in [-0.25, -0.2) is 4.79 Å². The molecule has 1 amide bonds. The molecule has 0 heterocycles. The Morgan fingerprint density at radius 1 is 1.25 bits per heavy atom. The summed E-state index contributed by atoms with van der Waals surface area (Å²) in [5, 5.41) is 12.2. The van der Waals surface area contributed by atoms with Crippen LogP contribution in [0.3, 0.4) is 0 Å². The van der Waals surface area contributed by atoms with E-state index >= 15 is 0 Å². The average molecular weight is 343 g/mol. The molecule has 0 bridgehead atoms. The predicted octanol–water partition coefficient (Wildman–Crippen LogP) is 3.25. The maximum absolute atomic E-state index is 11.9. The number of benzene rings is 2. The molecule has 24 heavy (non-hydrogen) atoms. The molecule has 0 unspecified atom stereocenters. The molecule has 122 valence electrons. The Hall–Kier alpha value is -2.84. The number of halogens is 1. The summed E-state index contributed by atoms with van der Waals surface area (Å²) in [6, 6.07) is 14.9. The van der Waals surface area contributed by atoms with Crippen molar-refractivity contribution in [3.05, 3.63) is 70.2 Å². The molecule has 6 heteroatoms. The van der Waals surface area contributed by atoms with Gasteiger partial charge >= 0.3 is 5.97 Å². The lowest BCUT2D eigenvalue weighted by Gasteiger charge is -2.14. The van der Waals surface area contributed by atoms with E-state index in [0.29, 0.717) is 10.6 Å². The number of esters is 1. The van der Waals surface area contributed by atoms with E-state index < -0.39 is 18.5 Å². The number of nitrogens with zero attached hydrogens (tertiary/aromatic N) is 1. The van der Waals surface area contributed by atoms with Crippen molar-refractivity contribution in [3.8, 4) is 6.07 Å². The Morgan fingerprint density at radius 3 is 2.62 bits per heavy atom. The van der Waals surface area contributed by atoms with Gasteiger partial charge in [-0.3, -0.25) is 4.79 Å². The molecule has 0 saturated carbocycles. The molecule has 0 spiro atoms. The van der Waals surface area contributed by atoms with Gasteiger partial charge in [-0.2, -0.15) is 5.26 Å². The number of amides is 1. The monoisotopic (exact) mass is 342 g/mol. The number of ether oxygens (including phenoxy) is 1. The molecule has 0 aliphatic heterocycles. The highest BCUT2D eigenvalue weighted by atomic mass is 35.5. The second-order valence-electron chi connectivity index (χ2n) is 5.11. The summed E-state index contributed by atoms with van der Waals surface area (Å²) >= 11 is 5.82. The van der Waals surface area contributed by atoms with Crippen molar-refractivity contribution in [2.75, 3.05) is 6.61 Å². The van der Waals surface area contributed by atoms with Crippen LogP contribution >= 0.6 is 11.6 Å². The highest BCUT2D eigenvalue weighted by Crippen LogP contribution is 2.15. The van der Waals surface area contributed by atoms with E-state index in [2.05, 4.69) is 5.32 Å². The quantitative estimate of drug-likeness (QED) is 0.846. The van der Waals surface area contributed by atoms with E-state index in [4.69, 9.17) is 21.6 Å². The van der Waals surface area contributed by atoms with Gasteiger partial charge in [-0.05, 0) is 42.8 Å². The molecule has 2 rings (SSSR count). The Bertz CT molecular complexity index is 782. The van der Waals surface area contributed by atoms with Crippen LogP contribution < -0.4 is 5.32 Å². The predicted molar refractivity (Wildman–Crippen MR) is 89.4 cm³/mol. The first-order valence-electron chi connectivity index (χ1n) is 7.21. The lowest BCUT2D eigenvalue weighted by molar-refractivity contribution is -0.124. The molecular weight excluding hydrogens is 328 g/mol. The van der Waals surface area contributed by atoms with Gasteiger partial charge in [-0.1, -0.05) is 29.8 Å². The highest BCUT2D eigenvalue weighted by molar-refractivity contribution is 6.30. The topological polar surface area (TPSA) is 79.2 Å². The van der Waals surface area contributed by atoms with Gasteiger partial charge in [0.2, 0.25) is 0 Å². The number of carbonyl (C=O) groups excluding carboxylic acids is 2. The van der Waals surface area contributed by atoms with Crippen LogP contribution in [0.15, 0.2) is 48.5 Å². The van der Waals surface area contributed by atoms with E-state index in [9.17, 15) is 9.59 Å². The summed E-state index contributed by atoms with van der Waals surface area (Å²) in [4.78, 5) is 23.8. The largest absolute Gasteiger partial charge is 0.452 e. The van der Waals surface area contributed by atoms with E-state index in [1.54, 1.807) is 24.3 Å². The minimum atomic E-state index is -0.651. The van der Waals surface area contributed by atoms with Crippen LogP contribution in [0.2, 0.25) is 5.02 Å². The van der Waals surface area contributed by atoms with Crippen LogP contribution in [0.25, 0.3) is 0 Å². The first-order chi connectivity index (χ1) is 11.5. The van der Waals surface area contributed by atoms with Crippen LogP contribution in [-0.4, -0.2) is 18.5 Å². The Kier molecular flexibility index (Phi) is 5.94. The first-order valence-corrected chi connectivity index (χ1v) is 7.59. The molecular formula is C18H15ClN2O3. The standard InChI is InChI=1S/C18H15ClN2O3/c1-12(14-5-7-16(19)8-6-14)21-17(22)11-24-18(23)15-4-2-3-13(9-15)10-20/h2-9,12H,11H2,1H3,(H,21,22)/t12-/m0/s1. The number of carbonyl (C=O) groups is 2. The third kappa shape index (κ3) is 4.83. The lowest BCUT2D eigenvalue weighted by atomic mass is 10.1. The summed E-state index contributed by atoms with van der Waals surface area (Å²) in [6.07, 6.45) is 0. The van der Waals surface area contributed by atoms with E-state index in [-0.39, 0.29) is 11.6 Å². The zero-order valence-electron chi connectivity index (χ0n) is 13.0. The molecule has 0 aromatic heterocycles. The first kappa shape index (κ1) is 17.5. The highest BCUT2D eigenvalue weighted by Gasteiger charge is 2.13. The smallest absolute Gasteiger partial charge is 0.338 e. The normalized spacial score (nSPS) is 11.2. The van der Waals surface area contributed by atoms with Gasteiger partial charge in [0, 0.05) is 5.02 Å². The number of rotatable bonds is 5. The minimum absolute atomic E-state index is 0.229. The van der Waals surface area contributed by atoms with Gasteiger partial charge in [0.05, 0.1) is 23.2 Å².